The third kappa shape index (κ3) is 3.01. The molecule has 0 aliphatic heterocycles. The summed E-state index contributed by atoms with van der Waals surface area (Å²) in [6.45, 7) is 5.40. The molecule has 0 rings (SSSR count). The fourth-order valence-electron chi connectivity index (χ4n) is 1.43. The van der Waals surface area contributed by atoms with Gasteiger partial charge in [-0.05, 0) is 19.8 Å². The molecule has 82 valence electrons. The van der Waals surface area contributed by atoms with Gasteiger partial charge in [-0.15, -0.1) is 0 Å². The Labute approximate surface area is 84.9 Å². The molecule has 1 amide bonds. The van der Waals surface area contributed by atoms with Crippen molar-refractivity contribution in [3.8, 4) is 0 Å². The average molecular weight is 201 g/mol. The third-order valence-corrected chi connectivity index (χ3v) is 2.58. The number of carboxylic acid groups (broad SMARTS) is 1. The van der Waals surface area contributed by atoms with Gasteiger partial charge in [0, 0.05) is 13.1 Å². The molecular formula is C10H19NO3. The van der Waals surface area contributed by atoms with Crippen LogP contribution < -0.4 is 0 Å². The molecule has 1 atom stereocenters. The Balaban J connectivity index is 4.44. The molecule has 0 aliphatic carbocycles. The van der Waals surface area contributed by atoms with Crippen molar-refractivity contribution in [3.05, 3.63) is 0 Å². The number of hydrogen-bond acceptors (Lipinski definition) is 2. The lowest BCUT2D eigenvalue weighted by Gasteiger charge is -2.27. The van der Waals surface area contributed by atoms with Crippen molar-refractivity contribution in [2.45, 2.75) is 39.7 Å². The van der Waals surface area contributed by atoms with E-state index in [1.165, 1.54) is 6.92 Å². The minimum absolute atomic E-state index is 0.143. The van der Waals surface area contributed by atoms with Crippen molar-refractivity contribution in [2.75, 3.05) is 7.05 Å². The largest absolute Gasteiger partial charge is 0.481 e. The van der Waals surface area contributed by atoms with Gasteiger partial charge in [-0.3, -0.25) is 9.59 Å². The lowest BCUT2D eigenvalue weighted by Crippen LogP contribution is -2.41. The van der Waals surface area contributed by atoms with Gasteiger partial charge in [0.1, 0.15) is 5.92 Å². The summed E-state index contributed by atoms with van der Waals surface area (Å²) in [5, 5.41) is 8.68. The summed E-state index contributed by atoms with van der Waals surface area (Å²) in [6.07, 6.45) is 1.70. The summed E-state index contributed by atoms with van der Waals surface area (Å²) in [5.74, 6) is -2.32. The molecule has 0 aliphatic rings. The molecule has 0 saturated heterocycles. The van der Waals surface area contributed by atoms with Crippen LogP contribution in [-0.2, 0) is 9.59 Å². The van der Waals surface area contributed by atoms with Crippen LogP contribution in [0.5, 0.6) is 0 Å². The van der Waals surface area contributed by atoms with Crippen molar-refractivity contribution in [3.63, 3.8) is 0 Å². The quantitative estimate of drug-likeness (QED) is 0.683. The summed E-state index contributed by atoms with van der Waals surface area (Å²) in [6, 6.07) is 0.143. The molecular weight excluding hydrogens is 182 g/mol. The second kappa shape index (κ2) is 5.62. The fourth-order valence-corrected chi connectivity index (χ4v) is 1.43. The molecule has 1 unspecified atom stereocenters. The average Bonchev–Trinajstić information content (AvgIpc) is 2.17. The van der Waals surface area contributed by atoms with E-state index in [0.717, 1.165) is 12.8 Å². The van der Waals surface area contributed by atoms with E-state index in [0.29, 0.717) is 0 Å². The van der Waals surface area contributed by atoms with Gasteiger partial charge in [0.05, 0.1) is 0 Å². The van der Waals surface area contributed by atoms with Crippen LogP contribution in [0.25, 0.3) is 0 Å². The Bertz CT molecular complexity index is 211. The number of carboxylic acids is 1. The zero-order chi connectivity index (χ0) is 11.3. The maximum Gasteiger partial charge on any atom is 0.315 e. The zero-order valence-electron chi connectivity index (χ0n) is 9.28. The molecule has 1 N–H and O–H groups in total. The highest BCUT2D eigenvalue weighted by atomic mass is 16.4. The number of carbonyl (C=O) groups excluding carboxylic acids is 1. The van der Waals surface area contributed by atoms with Gasteiger partial charge in [-0.2, -0.15) is 0 Å². The van der Waals surface area contributed by atoms with E-state index in [4.69, 9.17) is 5.11 Å². The van der Waals surface area contributed by atoms with Crippen LogP contribution >= 0.6 is 0 Å². The summed E-state index contributed by atoms with van der Waals surface area (Å²) in [5.41, 5.74) is 0. The van der Waals surface area contributed by atoms with E-state index >= 15 is 0 Å². The molecule has 14 heavy (non-hydrogen) atoms. The Morgan fingerprint density at radius 1 is 1.29 bits per heavy atom. The highest BCUT2D eigenvalue weighted by Crippen LogP contribution is 2.10. The minimum Gasteiger partial charge on any atom is -0.481 e. The third-order valence-electron chi connectivity index (χ3n) is 2.58. The molecule has 0 radical (unpaired) electrons. The van der Waals surface area contributed by atoms with E-state index in [1.807, 2.05) is 13.8 Å². The lowest BCUT2D eigenvalue weighted by molar-refractivity contribution is -0.150. The highest BCUT2D eigenvalue weighted by Gasteiger charge is 2.26. The maximum absolute atomic E-state index is 11.6. The topological polar surface area (TPSA) is 57.6 Å². The van der Waals surface area contributed by atoms with Crippen molar-refractivity contribution in [1.29, 1.82) is 0 Å². The number of amides is 1. The van der Waals surface area contributed by atoms with Crippen LogP contribution in [0.3, 0.4) is 0 Å². The summed E-state index contributed by atoms with van der Waals surface area (Å²) in [4.78, 5) is 23.7. The smallest absolute Gasteiger partial charge is 0.315 e. The summed E-state index contributed by atoms with van der Waals surface area (Å²) < 4.78 is 0. The van der Waals surface area contributed by atoms with Crippen LogP contribution in [0, 0.1) is 5.92 Å². The number of hydrogen-bond donors (Lipinski definition) is 1. The van der Waals surface area contributed by atoms with Gasteiger partial charge in [-0.25, -0.2) is 0 Å². The normalized spacial score (nSPS) is 12.6. The predicted molar refractivity (Wildman–Crippen MR) is 53.9 cm³/mol. The number of aliphatic carboxylic acids is 1. The van der Waals surface area contributed by atoms with E-state index in [1.54, 1.807) is 11.9 Å². The first-order chi connectivity index (χ1) is 6.45. The van der Waals surface area contributed by atoms with Gasteiger partial charge in [0.2, 0.25) is 5.91 Å². The summed E-state index contributed by atoms with van der Waals surface area (Å²) in [7, 11) is 1.67. The van der Waals surface area contributed by atoms with E-state index in [9.17, 15) is 9.59 Å². The Morgan fingerprint density at radius 3 is 2.00 bits per heavy atom. The van der Waals surface area contributed by atoms with E-state index in [2.05, 4.69) is 0 Å². The van der Waals surface area contributed by atoms with Crippen molar-refractivity contribution >= 4 is 11.9 Å². The van der Waals surface area contributed by atoms with E-state index < -0.39 is 11.9 Å². The molecule has 0 heterocycles. The van der Waals surface area contributed by atoms with Gasteiger partial charge < -0.3 is 10.0 Å². The van der Waals surface area contributed by atoms with Gasteiger partial charge in [0.25, 0.3) is 0 Å². The second-order valence-corrected chi connectivity index (χ2v) is 3.48. The molecule has 0 saturated carbocycles. The number of carbonyl (C=O) groups is 2. The van der Waals surface area contributed by atoms with Crippen LogP contribution in [0.15, 0.2) is 0 Å². The fraction of sp³-hybridized carbons (Fsp3) is 0.800. The van der Waals surface area contributed by atoms with Gasteiger partial charge in [0.15, 0.2) is 0 Å². The number of nitrogens with zero attached hydrogens (tertiary/aromatic N) is 1. The van der Waals surface area contributed by atoms with E-state index in [-0.39, 0.29) is 11.9 Å². The predicted octanol–water partition coefficient (Wildman–Crippen LogP) is 1.35. The molecule has 0 spiro atoms. The molecule has 4 nitrogen and oxygen atoms in total. The van der Waals surface area contributed by atoms with Crippen LogP contribution in [-0.4, -0.2) is 35.0 Å². The van der Waals surface area contributed by atoms with Gasteiger partial charge in [-0.1, -0.05) is 13.8 Å². The molecule has 0 fully saturated rings. The van der Waals surface area contributed by atoms with Crippen LogP contribution in [0.1, 0.15) is 33.6 Å². The first-order valence-electron chi connectivity index (χ1n) is 4.95. The highest BCUT2D eigenvalue weighted by molar-refractivity contribution is 5.96. The minimum atomic E-state index is -1.06. The second-order valence-electron chi connectivity index (χ2n) is 3.48. The first-order valence-corrected chi connectivity index (χ1v) is 4.95. The van der Waals surface area contributed by atoms with Crippen molar-refractivity contribution in [2.24, 2.45) is 5.92 Å². The lowest BCUT2D eigenvalue weighted by atomic mass is 10.1. The molecule has 0 aromatic rings. The number of rotatable bonds is 5. The van der Waals surface area contributed by atoms with Crippen molar-refractivity contribution < 1.29 is 14.7 Å². The standard InChI is InChI=1S/C10H19NO3/c1-5-8(6-2)11(4)9(12)7(3)10(13)14/h7-8H,5-6H2,1-4H3,(H,13,14). The monoisotopic (exact) mass is 201 g/mol. The maximum atomic E-state index is 11.6. The van der Waals surface area contributed by atoms with Crippen molar-refractivity contribution in [1.82, 2.24) is 4.90 Å². The molecule has 0 aromatic heterocycles. The molecule has 4 heteroatoms. The van der Waals surface area contributed by atoms with Gasteiger partial charge >= 0.3 is 5.97 Å². The first kappa shape index (κ1) is 12.9. The zero-order valence-corrected chi connectivity index (χ0v) is 9.28. The Kier molecular flexibility index (Phi) is 5.20. The molecule has 0 bridgehead atoms. The van der Waals surface area contributed by atoms with Crippen LogP contribution in [0.4, 0.5) is 0 Å². The summed E-state index contributed by atoms with van der Waals surface area (Å²) >= 11 is 0. The molecule has 0 aromatic carbocycles. The SMILES string of the molecule is CCC(CC)N(C)C(=O)C(C)C(=O)O. The van der Waals surface area contributed by atoms with Crippen LogP contribution in [0.2, 0.25) is 0 Å². The Morgan fingerprint density at radius 2 is 1.71 bits per heavy atom. The Hall–Kier alpha value is -1.06.